The third-order valence-electron chi connectivity index (χ3n) is 3.98. The predicted molar refractivity (Wildman–Crippen MR) is 94.7 cm³/mol. The lowest BCUT2D eigenvalue weighted by Crippen LogP contribution is -2.22. The summed E-state index contributed by atoms with van der Waals surface area (Å²) in [6.07, 6.45) is 0.965. The number of nitrogen functional groups attached to an aromatic ring is 1. The lowest BCUT2D eigenvalue weighted by molar-refractivity contribution is 0.303. The van der Waals surface area contributed by atoms with Crippen molar-refractivity contribution in [1.29, 1.82) is 0 Å². The zero-order valence-corrected chi connectivity index (χ0v) is 13.8. The Morgan fingerprint density at radius 3 is 2.78 bits per heavy atom. The molecule has 0 bridgehead atoms. The number of anilines is 2. The largest absolute Gasteiger partial charge is 0.395 e. The standard InChI is InChI=1S/C17H23N5O/c1-10(2)9-11-5-4-6-12-13(11)14-15(16(18)19-12)21-17(20-14)22(3)7-8-23/h4-6,10,23H,7-9H2,1-3H3,(H2,18,19)(H,20,21). The molecule has 122 valence electrons. The van der Waals surface area contributed by atoms with Crippen LogP contribution in [0.5, 0.6) is 0 Å². The predicted octanol–water partition coefficient (Wildman–Crippen LogP) is 2.32. The fourth-order valence-electron chi connectivity index (χ4n) is 2.91. The summed E-state index contributed by atoms with van der Waals surface area (Å²) in [6.45, 7) is 4.97. The van der Waals surface area contributed by atoms with Crippen LogP contribution in [-0.2, 0) is 6.42 Å². The number of imidazole rings is 1. The highest BCUT2D eigenvalue weighted by molar-refractivity contribution is 6.08. The molecule has 6 heteroatoms. The second kappa shape index (κ2) is 6.04. The first-order chi connectivity index (χ1) is 11.0. The molecule has 2 heterocycles. The first-order valence-electron chi connectivity index (χ1n) is 7.90. The molecule has 0 aliphatic carbocycles. The summed E-state index contributed by atoms with van der Waals surface area (Å²) in [7, 11) is 1.88. The number of aromatic nitrogens is 3. The summed E-state index contributed by atoms with van der Waals surface area (Å²) in [5, 5.41) is 10.2. The molecule has 0 saturated heterocycles. The van der Waals surface area contributed by atoms with E-state index in [9.17, 15) is 0 Å². The van der Waals surface area contributed by atoms with Crippen LogP contribution in [0.15, 0.2) is 18.2 Å². The Bertz CT molecular complexity index is 840. The molecule has 4 N–H and O–H groups in total. The molecule has 1 aromatic carbocycles. The molecule has 6 nitrogen and oxygen atoms in total. The van der Waals surface area contributed by atoms with Crippen molar-refractivity contribution in [2.75, 3.05) is 30.8 Å². The quantitative estimate of drug-likeness (QED) is 0.672. The van der Waals surface area contributed by atoms with Gasteiger partial charge >= 0.3 is 0 Å². The van der Waals surface area contributed by atoms with Gasteiger partial charge in [0, 0.05) is 19.0 Å². The number of aromatic amines is 1. The van der Waals surface area contributed by atoms with E-state index in [1.807, 2.05) is 24.1 Å². The van der Waals surface area contributed by atoms with Gasteiger partial charge in [0.05, 0.1) is 12.1 Å². The molecular formula is C17H23N5O. The van der Waals surface area contributed by atoms with Crippen molar-refractivity contribution in [3.8, 4) is 0 Å². The van der Waals surface area contributed by atoms with Crippen LogP contribution < -0.4 is 10.6 Å². The average molecular weight is 313 g/mol. The van der Waals surface area contributed by atoms with E-state index in [1.165, 1.54) is 5.56 Å². The number of aliphatic hydroxyl groups is 1. The third-order valence-corrected chi connectivity index (χ3v) is 3.98. The van der Waals surface area contributed by atoms with Crippen molar-refractivity contribution in [1.82, 2.24) is 15.0 Å². The van der Waals surface area contributed by atoms with E-state index in [0.29, 0.717) is 24.2 Å². The lowest BCUT2D eigenvalue weighted by Gasteiger charge is -2.13. The minimum Gasteiger partial charge on any atom is -0.395 e. The van der Waals surface area contributed by atoms with Gasteiger partial charge in [0.25, 0.3) is 0 Å². The molecular weight excluding hydrogens is 290 g/mol. The summed E-state index contributed by atoms with van der Waals surface area (Å²) < 4.78 is 0. The van der Waals surface area contributed by atoms with Crippen LogP contribution in [0.4, 0.5) is 11.8 Å². The van der Waals surface area contributed by atoms with Gasteiger partial charge in [-0.05, 0) is 24.0 Å². The minimum atomic E-state index is 0.0701. The van der Waals surface area contributed by atoms with E-state index in [1.54, 1.807) is 0 Å². The molecule has 0 aliphatic heterocycles. The zero-order chi connectivity index (χ0) is 16.6. The molecule has 0 aliphatic rings. The van der Waals surface area contributed by atoms with Crippen molar-refractivity contribution >= 4 is 33.7 Å². The number of rotatable bonds is 5. The van der Waals surface area contributed by atoms with Crippen LogP contribution in [0.25, 0.3) is 21.9 Å². The topological polar surface area (TPSA) is 91.1 Å². The summed E-state index contributed by atoms with van der Waals surface area (Å²) in [4.78, 5) is 14.4. The van der Waals surface area contributed by atoms with Crippen molar-refractivity contribution in [2.24, 2.45) is 5.92 Å². The second-order valence-corrected chi connectivity index (χ2v) is 6.34. The number of likely N-dealkylation sites (N-methyl/N-ethyl adjacent to an activating group) is 1. The van der Waals surface area contributed by atoms with Crippen LogP contribution in [-0.4, -0.2) is 40.3 Å². The Morgan fingerprint density at radius 1 is 1.30 bits per heavy atom. The van der Waals surface area contributed by atoms with Crippen molar-refractivity contribution in [3.05, 3.63) is 23.8 Å². The van der Waals surface area contributed by atoms with Gasteiger partial charge in [0.15, 0.2) is 0 Å². The number of nitrogens with zero attached hydrogens (tertiary/aromatic N) is 3. The second-order valence-electron chi connectivity index (χ2n) is 6.34. The molecule has 23 heavy (non-hydrogen) atoms. The smallest absolute Gasteiger partial charge is 0.203 e. The van der Waals surface area contributed by atoms with Gasteiger partial charge < -0.3 is 20.7 Å². The maximum atomic E-state index is 9.12. The van der Waals surface area contributed by atoms with Crippen molar-refractivity contribution in [3.63, 3.8) is 0 Å². The van der Waals surface area contributed by atoms with Crippen LogP contribution in [0.2, 0.25) is 0 Å². The highest BCUT2D eigenvalue weighted by Gasteiger charge is 2.16. The molecule has 2 aromatic heterocycles. The number of fused-ring (bicyclic) bond motifs is 3. The average Bonchev–Trinajstić information content (AvgIpc) is 2.93. The Morgan fingerprint density at radius 2 is 2.09 bits per heavy atom. The molecule has 3 rings (SSSR count). The van der Waals surface area contributed by atoms with Crippen molar-refractivity contribution < 1.29 is 5.11 Å². The van der Waals surface area contributed by atoms with E-state index < -0.39 is 0 Å². The number of benzene rings is 1. The van der Waals surface area contributed by atoms with Gasteiger partial charge in [-0.15, -0.1) is 0 Å². The molecule has 3 aromatic rings. The van der Waals surface area contributed by atoms with Crippen LogP contribution in [0.1, 0.15) is 19.4 Å². The van der Waals surface area contributed by atoms with Gasteiger partial charge in [-0.2, -0.15) is 0 Å². The number of H-pyrrole nitrogens is 1. The molecule has 0 spiro atoms. The van der Waals surface area contributed by atoms with Gasteiger partial charge in [-0.3, -0.25) is 0 Å². The van der Waals surface area contributed by atoms with Gasteiger partial charge in [0.2, 0.25) is 5.95 Å². The van der Waals surface area contributed by atoms with Crippen molar-refractivity contribution in [2.45, 2.75) is 20.3 Å². The molecule has 0 radical (unpaired) electrons. The lowest BCUT2D eigenvalue weighted by atomic mass is 9.98. The Labute approximate surface area is 135 Å². The number of hydrogen-bond donors (Lipinski definition) is 3. The highest BCUT2D eigenvalue weighted by Crippen LogP contribution is 2.31. The summed E-state index contributed by atoms with van der Waals surface area (Å²) in [5.41, 5.74) is 9.82. The van der Waals surface area contributed by atoms with E-state index in [-0.39, 0.29) is 6.61 Å². The Hall–Kier alpha value is -2.34. The zero-order valence-electron chi connectivity index (χ0n) is 13.8. The Balaban J connectivity index is 2.27. The monoisotopic (exact) mass is 313 g/mol. The minimum absolute atomic E-state index is 0.0701. The summed E-state index contributed by atoms with van der Waals surface area (Å²) in [5.74, 6) is 1.68. The number of nitrogens with one attached hydrogen (secondary N) is 1. The van der Waals surface area contributed by atoms with Gasteiger partial charge in [0.1, 0.15) is 16.9 Å². The fraction of sp³-hybridized carbons (Fsp3) is 0.412. The highest BCUT2D eigenvalue weighted by atomic mass is 16.3. The number of hydrogen-bond acceptors (Lipinski definition) is 5. The maximum Gasteiger partial charge on any atom is 0.203 e. The molecule has 0 saturated carbocycles. The first kappa shape index (κ1) is 15.6. The van der Waals surface area contributed by atoms with Gasteiger partial charge in [-0.25, -0.2) is 9.97 Å². The van der Waals surface area contributed by atoms with E-state index >= 15 is 0 Å². The van der Waals surface area contributed by atoms with Crippen LogP contribution >= 0.6 is 0 Å². The molecule has 0 atom stereocenters. The van der Waals surface area contributed by atoms with E-state index in [2.05, 4.69) is 29.9 Å². The third kappa shape index (κ3) is 2.82. The normalized spacial score (nSPS) is 11.7. The van der Waals surface area contributed by atoms with Crippen LogP contribution in [0, 0.1) is 5.92 Å². The fourth-order valence-corrected chi connectivity index (χ4v) is 2.91. The summed E-state index contributed by atoms with van der Waals surface area (Å²) in [6, 6.07) is 6.12. The van der Waals surface area contributed by atoms with Crippen LogP contribution in [0.3, 0.4) is 0 Å². The number of pyridine rings is 1. The summed E-state index contributed by atoms with van der Waals surface area (Å²) >= 11 is 0. The first-order valence-corrected chi connectivity index (χ1v) is 7.90. The van der Waals surface area contributed by atoms with E-state index in [4.69, 9.17) is 15.8 Å². The maximum absolute atomic E-state index is 9.12. The molecule has 0 fully saturated rings. The molecule has 0 unspecified atom stereocenters. The molecule has 0 amide bonds. The van der Waals surface area contributed by atoms with Gasteiger partial charge in [-0.1, -0.05) is 26.0 Å². The SMILES string of the molecule is CC(C)Cc1cccc2nc(N)c3[nH]c(N(C)CCO)nc3c12. The number of nitrogens with two attached hydrogens (primary N) is 1. The Kier molecular flexibility index (Phi) is 4.09. The van der Waals surface area contributed by atoms with E-state index in [0.717, 1.165) is 28.4 Å². The number of aliphatic hydroxyl groups excluding tert-OH is 1.